The lowest BCUT2D eigenvalue weighted by Gasteiger charge is -2.24. The van der Waals surface area contributed by atoms with Gasteiger partial charge in [-0.15, -0.1) is 0 Å². The normalized spacial score (nSPS) is 18.4. The van der Waals surface area contributed by atoms with E-state index in [1.165, 1.54) is 25.1 Å². The number of nitrogens with zero attached hydrogens (tertiary/aromatic N) is 4. The summed E-state index contributed by atoms with van der Waals surface area (Å²) in [7, 11) is 0. The Labute approximate surface area is 148 Å². The third kappa shape index (κ3) is 3.61. The molecule has 25 heavy (non-hydrogen) atoms. The third-order valence-corrected chi connectivity index (χ3v) is 5.16. The highest BCUT2D eigenvalue weighted by Crippen LogP contribution is 2.21. The van der Waals surface area contributed by atoms with E-state index in [0.29, 0.717) is 6.04 Å². The molecule has 1 aliphatic heterocycles. The minimum absolute atomic E-state index is 0.599. The van der Waals surface area contributed by atoms with Gasteiger partial charge >= 0.3 is 0 Å². The maximum absolute atomic E-state index is 5.83. The van der Waals surface area contributed by atoms with Crippen LogP contribution in [-0.2, 0) is 13.0 Å². The van der Waals surface area contributed by atoms with Crippen molar-refractivity contribution < 1.29 is 4.42 Å². The highest BCUT2D eigenvalue weighted by atomic mass is 16.3. The van der Waals surface area contributed by atoms with Crippen LogP contribution in [-0.4, -0.2) is 38.8 Å². The lowest BCUT2D eigenvalue weighted by Crippen LogP contribution is -2.34. The number of rotatable bonds is 6. The van der Waals surface area contributed by atoms with Gasteiger partial charge < -0.3 is 4.42 Å². The van der Waals surface area contributed by atoms with Gasteiger partial charge in [-0.3, -0.25) is 9.58 Å². The van der Waals surface area contributed by atoms with E-state index in [2.05, 4.69) is 39.6 Å². The standard InChI is InChI=1S/C20H26N4O/c1-15-13-16(2)24(22-15)14-17-7-5-11-23(17)12-6-10-20-21-18-8-3-4-9-19(18)25-20/h3-4,8-9,13,17H,5-7,10-12,14H2,1-2H3/t17-/m0/s1. The van der Waals surface area contributed by atoms with E-state index in [0.717, 1.165) is 48.6 Å². The molecule has 3 heterocycles. The summed E-state index contributed by atoms with van der Waals surface area (Å²) in [4.78, 5) is 7.19. The molecule has 0 unspecified atom stereocenters. The minimum Gasteiger partial charge on any atom is -0.441 e. The maximum atomic E-state index is 5.83. The molecule has 5 nitrogen and oxygen atoms in total. The van der Waals surface area contributed by atoms with E-state index in [-0.39, 0.29) is 0 Å². The van der Waals surface area contributed by atoms with Crippen molar-refractivity contribution in [3.8, 4) is 0 Å². The van der Waals surface area contributed by atoms with Gasteiger partial charge in [0.1, 0.15) is 5.52 Å². The summed E-state index contributed by atoms with van der Waals surface area (Å²) < 4.78 is 8.00. The fraction of sp³-hybridized carbons (Fsp3) is 0.500. The number of benzene rings is 1. The fourth-order valence-corrected chi connectivity index (χ4v) is 3.92. The fourth-order valence-electron chi connectivity index (χ4n) is 3.92. The molecule has 5 heteroatoms. The van der Waals surface area contributed by atoms with Gasteiger partial charge in [0.25, 0.3) is 0 Å². The van der Waals surface area contributed by atoms with Crippen molar-refractivity contribution in [2.45, 2.75) is 52.1 Å². The number of fused-ring (bicyclic) bond motifs is 1. The van der Waals surface area contributed by atoms with Crippen LogP contribution in [0.5, 0.6) is 0 Å². The van der Waals surface area contributed by atoms with Crippen molar-refractivity contribution in [1.29, 1.82) is 0 Å². The lowest BCUT2D eigenvalue weighted by atomic mass is 10.2. The number of aromatic nitrogens is 3. The largest absolute Gasteiger partial charge is 0.441 e. The number of para-hydroxylation sites is 2. The summed E-state index contributed by atoms with van der Waals surface area (Å²) >= 11 is 0. The monoisotopic (exact) mass is 338 g/mol. The number of aryl methyl sites for hydroxylation is 3. The molecule has 0 aliphatic carbocycles. The molecule has 2 aromatic heterocycles. The van der Waals surface area contributed by atoms with Crippen LogP contribution >= 0.6 is 0 Å². The summed E-state index contributed by atoms with van der Waals surface area (Å²) in [5.74, 6) is 0.857. The number of likely N-dealkylation sites (tertiary alicyclic amines) is 1. The average Bonchev–Trinajstić information content (AvgIpc) is 3.27. The lowest BCUT2D eigenvalue weighted by molar-refractivity contribution is 0.222. The predicted octanol–water partition coefficient (Wildman–Crippen LogP) is 3.74. The van der Waals surface area contributed by atoms with Gasteiger partial charge in [-0.2, -0.15) is 5.10 Å². The topological polar surface area (TPSA) is 47.1 Å². The Balaban J connectivity index is 1.33. The molecular weight excluding hydrogens is 312 g/mol. The van der Waals surface area contributed by atoms with Crippen LogP contribution in [0.3, 0.4) is 0 Å². The average molecular weight is 338 g/mol. The second-order valence-corrected chi connectivity index (χ2v) is 7.12. The SMILES string of the molecule is Cc1cc(C)n(C[C@@H]2CCCN2CCCc2nc3ccccc3o2)n1. The smallest absolute Gasteiger partial charge is 0.195 e. The molecular formula is C20H26N4O. The zero-order valence-corrected chi connectivity index (χ0v) is 15.1. The van der Waals surface area contributed by atoms with Gasteiger partial charge in [0.05, 0.1) is 12.2 Å². The van der Waals surface area contributed by atoms with E-state index in [4.69, 9.17) is 4.42 Å². The molecule has 1 atom stereocenters. The molecule has 1 fully saturated rings. The molecule has 0 radical (unpaired) electrons. The minimum atomic E-state index is 0.599. The first-order valence-electron chi connectivity index (χ1n) is 9.28. The predicted molar refractivity (Wildman–Crippen MR) is 98.6 cm³/mol. The molecule has 1 aromatic carbocycles. The van der Waals surface area contributed by atoms with Gasteiger partial charge in [-0.1, -0.05) is 12.1 Å². The first-order valence-corrected chi connectivity index (χ1v) is 9.28. The van der Waals surface area contributed by atoms with Crippen LogP contribution < -0.4 is 0 Å². The number of hydrogen-bond donors (Lipinski definition) is 0. The molecule has 1 saturated heterocycles. The molecule has 4 rings (SSSR count). The summed E-state index contributed by atoms with van der Waals surface area (Å²) in [6.45, 7) is 7.51. The number of hydrogen-bond acceptors (Lipinski definition) is 4. The molecule has 0 N–H and O–H groups in total. The first kappa shape index (κ1) is 16.3. The number of oxazole rings is 1. The van der Waals surface area contributed by atoms with Crippen LogP contribution in [0.2, 0.25) is 0 Å². The molecule has 3 aromatic rings. The second-order valence-electron chi connectivity index (χ2n) is 7.12. The summed E-state index contributed by atoms with van der Waals surface area (Å²) in [5.41, 5.74) is 4.22. The van der Waals surface area contributed by atoms with Crippen molar-refractivity contribution in [2.24, 2.45) is 0 Å². The van der Waals surface area contributed by atoms with Crippen molar-refractivity contribution in [3.05, 3.63) is 47.6 Å². The second kappa shape index (κ2) is 7.00. The van der Waals surface area contributed by atoms with Crippen LogP contribution in [0.4, 0.5) is 0 Å². The van der Waals surface area contributed by atoms with Crippen LogP contribution in [0.15, 0.2) is 34.7 Å². The van der Waals surface area contributed by atoms with Crippen molar-refractivity contribution in [3.63, 3.8) is 0 Å². The van der Waals surface area contributed by atoms with E-state index >= 15 is 0 Å². The van der Waals surface area contributed by atoms with E-state index in [9.17, 15) is 0 Å². The highest BCUT2D eigenvalue weighted by Gasteiger charge is 2.25. The van der Waals surface area contributed by atoms with Crippen LogP contribution in [0, 0.1) is 13.8 Å². The maximum Gasteiger partial charge on any atom is 0.195 e. The highest BCUT2D eigenvalue weighted by molar-refractivity contribution is 5.72. The van der Waals surface area contributed by atoms with Crippen molar-refractivity contribution in [1.82, 2.24) is 19.7 Å². The molecule has 0 saturated carbocycles. The van der Waals surface area contributed by atoms with Gasteiger partial charge in [0.15, 0.2) is 11.5 Å². The molecule has 0 bridgehead atoms. The van der Waals surface area contributed by atoms with E-state index in [1.54, 1.807) is 0 Å². The van der Waals surface area contributed by atoms with Gasteiger partial charge in [-0.25, -0.2) is 4.98 Å². The van der Waals surface area contributed by atoms with Gasteiger partial charge in [0.2, 0.25) is 0 Å². The Hall–Kier alpha value is -2.14. The zero-order chi connectivity index (χ0) is 17.2. The molecule has 132 valence electrons. The Kier molecular flexibility index (Phi) is 4.57. The van der Waals surface area contributed by atoms with E-state index in [1.807, 2.05) is 24.3 Å². The Morgan fingerprint density at radius 2 is 2.12 bits per heavy atom. The first-order chi connectivity index (χ1) is 12.2. The Bertz CT molecular complexity index is 817. The molecule has 0 amide bonds. The summed E-state index contributed by atoms with van der Waals surface area (Å²) in [6, 6.07) is 10.7. The third-order valence-electron chi connectivity index (χ3n) is 5.16. The quantitative estimate of drug-likeness (QED) is 0.687. The van der Waals surface area contributed by atoms with Crippen LogP contribution in [0.1, 0.15) is 36.5 Å². The van der Waals surface area contributed by atoms with Gasteiger partial charge in [-0.05, 0) is 64.4 Å². The van der Waals surface area contributed by atoms with E-state index < -0.39 is 0 Å². The molecule has 1 aliphatic rings. The van der Waals surface area contributed by atoms with Crippen molar-refractivity contribution >= 4 is 11.1 Å². The Morgan fingerprint density at radius 3 is 2.92 bits per heavy atom. The zero-order valence-electron chi connectivity index (χ0n) is 15.1. The van der Waals surface area contributed by atoms with Crippen LogP contribution in [0.25, 0.3) is 11.1 Å². The summed E-state index contributed by atoms with van der Waals surface area (Å²) in [5, 5.41) is 4.63. The van der Waals surface area contributed by atoms with Crippen molar-refractivity contribution in [2.75, 3.05) is 13.1 Å². The summed E-state index contributed by atoms with van der Waals surface area (Å²) in [6.07, 6.45) is 4.53. The van der Waals surface area contributed by atoms with Gasteiger partial charge in [0, 0.05) is 18.2 Å². The Morgan fingerprint density at radius 1 is 1.24 bits per heavy atom. The molecule has 0 spiro atoms.